The first-order valence-corrected chi connectivity index (χ1v) is 7.04. The smallest absolute Gasteiger partial charge is 0.138 e. The predicted molar refractivity (Wildman–Crippen MR) is 77.6 cm³/mol. The summed E-state index contributed by atoms with van der Waals surface area (Å²) < 4.78 is 20.1. The van der Waals surface area contributed by atoms with Crippen LogP contribution in [0.4, 0.5) is 4.39 Å². The lowest BCUT2D eigenvalue weighted by molar-refractivity contribution is 0.305. The first-order chi connectivity index (χ1) is 8.56. The van der Waals surface area contributed by atoms with Crippen molar-refractivity contribution < 1.29 is 9.13 Å². The molecule has 0 aliphatic heterocycles. The molecule has 0 unspecified atom stereocenters. The molecule has 0 heterocycles. The van der Waals surface area contributed by atoms with E-state index in [1.54, 1.807) is 18.2 Å². The van der Waals surface area contributed by atoms with Gasteiger partial charge in [0.1, 0.15) is 18.2 Å². The van der Waals surface area contributed by atoms with E-state index < -0.39 is 0 Å². The fourth-order valence-electron chi connectivity index (χ4n) is 1.39. The van der Waals surface area contributed by atoms with E-state index in [1.807, 2.05) is 6.07 Å². The average Bonchev–Trinajstić information content (AvgIpc) is 2.30. The van der Waals surface area contributed by atoms with Crippen molar-refractivity contribution in [1.82, 2.24) is 0 Å². The maximum absolute atomic E-state index is 12.9. The molecule has 2 rings (SSSR count). The number of halogens is 4. The minimum absolute atomic E-state index is 0.285. The Morgan fingerprint density at radius 2 is 1.89 bits per heavy atom. The normalized spacial score (nSPS) is 10.4. The molecule has 0 aliphatic rings. The largest absolute Gasteiger partial charge is 0.487 e. The van der Waals surface area contributed by atoms with Crippen molar-refractivity contribution in [2.24, 2.45) is 0 Å². The van der Waals surface area contributed by atoms with E-state index >= 15 is 0 Å². The summed E-state index contributed by atoms with van der Waals surface area (Å²) in [5, 5.41) is 0.530. The highest BCUT2D eigenvalue weighted by atomic mass is 79.9. The zero-order valence-corrected chi connectivity index (χ0v) is 13.0. The molecule has 1 nitrogen and oxygen atoms in total. The number of rotatable bonds is 3. The van der Waals surface area contributed by atoms with Gasteiger partial charge in [-0.3, -0.25) is 0 Å². The molecule has 0 fully saturated rings. The second-order valence-electron chi connectivity index (χ2n) is 3.60. The summed E-state index contributed by atoms with van der Waals surface area (Å²) in [6.07, 6.45) is 0. The molecule has 0 saturated carbocycles. The van der Waals surface area contributed by atoms with Crippen LogP contribution in [-0.2, 0) is 6.61 Å². The summed E-state index contributed by atoms with van der Waals surface area (Å²) in [5.74, 6) is 0.309. The van der Waals surface area contributed by atoms with Crippen molar-refractivity contribution in [3.05, 3.63) is 61.7 Å². The van der Waals surface area contributed by atoms with E-state index in [0.717, 1.165) is 10.0 Å². The lowest BCUT2D eigenvalue weighted by atomic mass is 10.2. The van der Waals surface area contributed by atoms with Crippen LogP contribution in [0.1, 0.15) is 5.56 Å². The van der Waals surface area contributed by atoms with E-state index in [2.05, 4.69) is 31.9 Å². The number of ether oxygens (including phenoxy) is 1. The summed E-state index contributed by atoms with van der Waals surface area (Å²) in [6.45, 7) is 0.322. The van der Waals surface area contributed by atoms with Gasteiger partial charge in [0.2, 0.25) is 0 Å². The Morgan fingerprint density at radius 3 is 2.56 bits per heavy atom. The van der Waals surface area contributed by atoms with Crippen LogP contribution in [0.5, 0.6) is 5.75 Å². The van der Waals surface area contributed by atoms with Gasteiger partial charge in [0.25, 0.3) is 0 Å². The van der Waals surface area contributed by atoms with Crippen molar-refractivity contribution in [1.29, 1.82) is 0 Å². The van der Waals surface area contributed by atoms with Crippen LogP contribution in [0.25, 0.3) is 0 Å². The average molecular weight is 394 g/mol. The second-order valence-corrected chi connectivity index (χ2v) is 5.78. The first kappa shape index (κ1) is 13.8. The molecule has 18 heavy (non-hydrogen) atoms. The van der Waals surface area contributed by atoms with Crippen LogP contribution >= 0.6 is 43.5 Å². The molecule has 2 aromatic rings. The Bertz CT molecular complexity index is 523. The van der Waals surface area contributed by atoms with E-state index in [4.69, 9.17) is 16.3 Å². The highest BCUT2D eigenvalue weighted by Crippen LogP contribution is 2.29. The first-order valence-electron chi connectivity index (χ1n) is 5.08. The Balaban J connectivity index is 2.11. The maximum Gasteiger partial charge on any atom is 0.138 e. The molecule has 0 atom stereocenters. The maximum atomic E-state index is 12.9. The van der Waals surface area contributed by atoms with Crippen molar-refractivity contribution in [3.63, 3.8) is 0 Å². The van der Waals surface area contributed by atoms with Gasteiger partial charge in [-0.15, -0.1) is 0 Å². The van der Waals surface area contributed by atoms with E-state index in [9.17, 15) is 4.39 Å². The molecule has 94 valence electrons. The third-order valence-electron chi connectivity index (χ3n) is 2.29. The zero-order chi connectivity index (χ0) is 13.1. The van der Waals surface area contributed by atoms with Crippen molar-refractivity contribution in [2.45, 2.75) is 6.61 Å². The minimum Gasteiger partial charge on any atom is -0.487 e. The Hall–Kier alpha value is -0.580. The summed E-state index contributed by atoms with van der Waals surface area (Å²) in [5.41, 5.74) is 0.857. The summed E-state index contributed by atoms with van der Waals surface area (Å²) in [4.78, 5) is 0. The molecule has 0 N–H and O–H groups in total. The molecule has 0 radical (unpaired) electrons. The summed E-state index contributed by atoms with van der Waals surface area (Å²) >= 11 is 12.6. The van der Waals surface area contributed by atoms with Gasteiger partial charge in [0.05, 0.1) is 5.02 Å². The standard InChI is InChI=1S/C13H8Br2ClFO/c14-9-2-4-13(12(16)5-9)18-7-8-1-3-10(17)6-11(8)15/h1-6H,7H2. The van der Waals surface area contributed by atoms with Gasteiger partial charge in [-0.1, -0.05) is 49.5 Å². The van der Waals surface area contributed by atoms with Gasteiger partial charge in [0, 0.05) is 14.5 Å². The monoisotopic (exact) mass is 392 g/mol. The number of benzene rings is 2. The van der Waals surface area contributed by atoms with Crippen LogP contribution < -0.4 is 4.74 Å². The van der Waals surface area contributed by atoms with Crippen LogP contribution in [0, 0.1) is 5.82 Å². The molecular weight excluding hydrogens is 386 g/mol. The van der Waals surface area contributed by atoms with Gasteiger partial charge < -0.3 is 4.74 Å². The molecule has 0 amide bonds. The lowest BCUT2D eigenvalue weighted by Gasteiger charge is -2.09. The van der Waals surface area contributed by atoms with Gasteiger partial charge in [-0.2, -0.15) is 0 Å². The molecule has 0 aliphatic carbocycles. The van der Waals surface area contributed by atoms with Gasteiger partial charge in [-0.05, 0) is 30.3 Å². The van der Waals surface area contributed by atoms with Crippen LogP contribution in [0.3, 0.4) is 0 Å². The van der Waals surface area contributed by atoms with Crippen LogP contribution in [0.15, 0.2) is 45.3 Å². The minimum atomic E-state index is -0.285. The summed E-state index contributed by atoms with van der Waals surface area (Å²) in [6, 6.07) is 9.86. The van der Waals surface area contributed by atoms with Crippen molar-refractivity contribution >= 4 is 43.5 Å². The Labute approximate surface area is 126 Å². The molecule has 0 saturated heterocycles. The molecule has 0 aromatic heterocycles. The molecular formula is C13H8Br2ClFO. The second kappa shape index (κ2) is 6.04. The van der Waals surface area contributed by atoms with Gasteiger partial charge in [-0.25, -0.2) is 4.39 Å². The van der Waals surface area contributed by atoms with Crippen molar-refractivity contribution in [3.8, 4) is 5.75 Å². The topological polar surface area (TPSA) is 9.23 Å². The van der Waals surface area contributed by atoms with Crippen LogP contribution in [0.2, 0.25) is 5.02 Å². The van der Waals surface area contributed by atoms with E-state index in [1.165, 1.54) is 12.1 Å². The molecule has 0 spiro atoms. The highest BCUT2D eigenvalue weighted by molar-refractivity contribution is 9.10. The molecule has 5 heteroatoms. The quantitative estimate of drug-likeness (QED) is 0.660. The number of hydrogen-bond donors (Lipinski definition) is 0. The number of hydrogen-bond acceptors (Lipinski definition) is 1. The third-order valence-corrected chi connectivity index (χ3v) is 3.82. The van der Waals surface area contributed by atoms with Crippen molar-refractivity contribution in [2.75, 3.05) is 0 Å². The predicted octanol–water partition coefficient (Wildman–Crippen LogP) is 5.58. The molecule has 2 aromatic carbocycles. The van der Waals surface area contributed by atoms with E-state index in [0.29, 0.717) is 21.9 Å². The summed E-state index contributed by atoms with van der Waals surface area (Å²) in [7, 11) is 0. The van der Waals surface area contributed by atoms with E-state index in [-0.39, 0.29) is 5.82 Å². The lowest BCUT2D eigenvalue weighted by Crippen LogP contribution is -1.97. The highest BCUT2D eigenvalue weighted by Gasteiger charge is 2.05. The zero-order valence-electron chi connectivity index (χ0n) is 9.09. The Morgan fingerprint density at radius 1 is 1.11 bits per heavy atom. The van der Waals surface area contributed by atoms with Gasteiger partial charge in [0.15, 0.2) is 0 Å². The van der Waals surface area contributed by atoms with Gasteiger partial charge >= 0.3 is 0 Å². The SMILES string of the molecule is Fc1ccc(COc2ccc(Br)cc2Cl)c(Br)c1. The third kappa shape index (κ3) is 3.46. The molecule has 0 bridgehead atoms. The fourth-order valence-corrected chi connectivity index (χ4v) is 2.58. The fraction of sp³-hybridized carbons (Fsp3) is 0.0769. The Kier molecular flexibility index (Phi) is 4.65. The van der Waals surface area contributed by atoms with Crippen LogP contribution in [-0.4, -0.2) is 0 Å².